The van der Waals surface area contributed by atoms with E-state index in [0.717, 1.165) is 31.2 Å². The van der Waals surface area contributed by atoms with Gasteiger partial charge in [-0.3, -0.25) is 4.79 Å². The van der Waals surface area contributed by atoms with Crippen molar-refractivity contribution in [3.63, 3.8) is 0 Å². The fourth-order valence-electron chi connectivity index (χ4n) is 3.32. The Bertz CT molecular complexity index is 539. The molecule has 1 heterocycles. The lowest BCUT2D eigenvalue weighted by molar-refractivity contribution is -0.171. The first-order chi connectivity index (χ1) is 10.6. The molecule has 0 aromatic heterocycles. The van der Waals surface area contributed by atoms with Crippen molar-refractivity contribution in [3.8, 4) is 0 Å². The molecule has 1 spiro atoms. The molecule has 2 fully saturated rings. The van der Waals surface area contributed by atoms with E-state index >= 15 is 0 Å². The fraction of sp³-hybridized carbons (Fsp3) is 0.588. The summed E-state index contributed by atoms with van der Waals surface area (Å²) in [6.45, 7) is 1.75. The van der Waals surface area contributed by atoms with Gasteiger partial charge in [0.2, 0.25) is 0 Å². The minimum absolute atomic E-state index is 0.141. The molecule has 0 amide bonds. The smallest absolute Gasteiger partial charge is 0.302 e. The van der Waals surface area contributed by atoms with Crippen molar-refractivity contribution in [1.82, 2.24) is 0 Å². The van der Waals surface area contributed by atoms with Crippen LogP contribution in [-0.2, 0) is 19.0 Å². The molecule has 2 aliphatic rings. The highest BCUT2D eigenvalue weighted by atomic mass is 35.5. The number of rotatable bonds is 4. The van der Waals surface area contributed by atoms with E-state index in [1.807, 2.05) is 24.3 Å². The number of benzene rings is 1. The molecule has 1 saturated heterocycles. The van der Waals surface area contributed by atoms with Gasteiger partial charge in [-0.2, -0.15) is 0 Å². The van der Waals surface area contributed by atoms with E-state index in [1.165, 1.54) is 6.92 Å². The van der Waals surface area contributed by atoms with E-state index in [-0.39, 0.29) is 18.2 Å². The van der Waals surface area contributed by atoms with Gasteiger partial charge in [-0.1, -0.05) is 29.8 Å². The Balaban J connectivity index is 1.77. The zero-order chi connectivity index (χ0) is 15.6. The lowest BCUT2D eigenvalue weighted by atomic mass is 10.0. The number of hydrogen-bond acceptors (Lipinski definition) is 4. The second kappa shape index (κ2) is 6.57. The zero-order valence-electron chi connectivity index (χ0n) is 12.7. The van der Waals surface area contributed by atoms with Crippen LogP contribution in [-0.4, -0.2) is 24.5 Å². The fourth-order valence-corrected chi connectivity index (χ4v) is 3.56. The van der Waals surface area contributed by atoms with Gasteiger partial charge < -0.3 is 14.2 Å². The highest BCUT2D eigenvalue weighted by Crippen LogP contribution is 2.48. The Morgan fingerprint density at radius 2 is 2.05 bits per heavy atom. The van der Waals surface area contributed by atoms with E-state index in [4.69, 9.17) is 25.8 Å². The van der Waals surface area contributed by atoms with E-state index < -0.39 is 5.79 Å². The van der Waals surface area contributed by atoms with Crippen LogP contribution in [0.1, 0.15) is 50.7 Å². The number of ether oxygens (including phenoxy) is 3. The van der Waals surface area contributed by atoms with Gasteiger partial charge in [0.25, 0.3) is 0 Å². The zero-order valence-corrected chi connectivity index (χ0v) is 13.5. The maximum Gasteiger partial charge on any atom is 0.302 e. The third-order valence-corrected chi connectivity index (χ3v) is 4.67. The van der Waals surface area contributed by atoms with Crippen LogP contribution < -0.4 is 0 Å². The molecule has 2 atom stereocenters. The maximum atomic E-state index is 11.0. The van der Waals surface area contributed by atoms with Crippen LogP contribution in [0, 0.1) is 0 Å². The van der Waals surface area contributed by atoms with Crippen LogP contribution >= 0.6 is 11.6 Å². The van der Waals surface area contributed by atoms with Crippen LogP contribution in [0.15, 0.2) is 24.3 Å². The maximum absolute atomic E-state index is 11.0. The third kappa shape index (κ3) is 3.29. The summed E-state index contributed by atoms with van der Waals surface area (Å²) in [6, 6.07) is 7.69. The average Bonchev–Trinajstić information content (AvgIpc) is 3.07. The number of carbonyl (C=O) groups excluding carboxylic acids is 1. The summed E-state index contributed by atoms with van der Waals surface area (Å²) < 4.78 is 17.6. The molecular formula is C17H21ClO4. The molecule has 1 aromatic carbocycles. The Kier molecular flexibility index (Phi) is 4.71. The van der Waals surface area contributed by atoms with E-state index in [9.17, 15) is 4.79 Å². The molecule has 22 heavy (non-hydrogen) atoms. The molecule has 0 radical (unpaired) electrons. The first-order valence-electron chi connectivity index (χ1n) is 7.83. The Morgan fingerprint density at radius 3 is 2.73 bits per heavy atom. The number of esters is 1. The quantitative estimate of drug-likeness (QED) is 0.785. The van der Waals surface area contributed by atoms with Crippen molar-refractivity contribution in [2.45, 2.75) is 57.0 Å². The van der Waals surface area contributed by atoms with Crippen molar-refractivity contribution < 1.29 is 19.0 Å². The first kappa shape index (κ1) is 15.8. The summed E-state index contributed by atoms with van der Waals surface area (Å²) in [7, 11) is 0. The largest absolute Gasteiger partial charge is 0.466 e. The summed E-state index contributed by atoms with van der Waals surface area (Å²) in [4.78, 5) is 11.0. The Labute approximate surface area is 135 Å². The van der Waals surface area contributed by atoms with Gasteiger partial charge in [-0.05, 0) is 18.9 Å². The minimum atomic E-state index is -0.481. The molecule has 4 nitrogen and oxygen atoms in total. The molecular weight excluding hydrogens is 304 g/mol. The molecule has 2 unspecified atom stereocenters. The molecule has 1 aliphatic heterocycles. The second-order valence-electron chi connectivity index (χ2n) is 5.96. The van der Waals surface area contributed by atoms with E-state index in [0.29, 0.717) is 18.1 Å². The van der Waals surface area contributed by atoms with Crippen molar-refractivity contribution >= 4 is 17.6 Å². The van der Waals surface area contributed by atoms with Crippen molar-refractivity contribution in [2.24, 2.45) is 0 Å². The normalized spacial score (nSPS) is 26.5. The topological polar surface area (TPSA) is 44.8 Å². The summed E-state index contributed by atoms with van der Waals surface area (Å²) in [5.41, 5.74) is 0.945. The lowest BCUT2D eigenvalue weighted by Crippen LogP contribution is -2.26. The van der Waals surface area contributed by atoms with Gasteiger partial charge in [-0.25, -0.2) is 0 Å². The SMILES string of the molecule is CC(=O)OCCC1OC2(CCCC2)OC1c1ccccc1Cl. The summed E-state index contributed by atoms with van der Waals surface area (Å²) in [6.07, 6.45) is 4.32. The molecule has 1 aliphatic carbocycles. The van der Waals surface area contributed by atoms with Crippen molar-refractivity contribution in [2.75, 3.05) is 6.61 Å². The molecule has 1 saturated carbocycles. The molecule has 3 rings (SSSR count). The molecule has 0 bridgehead atoms. The Hall–Kier alpha value is -1.10. The Morgan fingerprint density at radius 1 is 1.32 bits per heavy atom. The number of carbonyl (C=O) groups is 1. The third-order valence-electron chi connectivity index (χ3n) is 4.33. The highest BCUT2D eigenvalue weighted by Gasteiger charge is 2.49. The van der Waals surface area contributed by atoms with Gasteiger partial charge in [0.15, 0.2) is 5.79 Å². The molecule has 1 aromatic rings. The summed E-state index contributed by atoms with van der Waals surface area (Å²) in [5, 5.41) is 0.684. The van der Waals surface area contributed by atoms with E-state index in [1.54, 1.807) is 0 Å². The van der Waals surface area contributed by atoms with Crippen molar-refractivity contribution in [3.05, 3.63) is 34.9 Å². The van der Waals surface area contributed by atoms with Gasteiger partial charge in [0, 0.05) is 36.8 Å². The minimum Gasteiger partial charge on any atom is -0.466 e. The summed E-state index contributed by atoms with van der Waals surface area (Å²) in [5.74, 6) is -0.756. The number of halogens is 1. The van der Waals surface area contributed by atoms with E-state index in [2.05, 4.69) is 0 Å². The van der Waals surface area contributed by atoms with Gasteiger partial charge in [-0.15, -0.1) is 0 Å². The van der Waals surface area contributed by atoms with Crippen LogP contribution in [0.2, 0.25) is 5.02 Å². The van der Waals surface area contributed by atoms with Crippen LogP contribution in [0.3, 0.4) is 0 Å². The van der Waals surface area contributed by atoms with Gasteiger partial charge in [0.05, 0.1) is 12.7 Å². The monoisotopic (exact) mass is 324 g/mol. The van der Waals surface area contributed by atoms with Crippen LogP contribution in [0.4, 0.5) is 0 Å². The molecule has 5 heteroatoms. The molecule has 120 valence electrons. The predicted molar refractivity (Wildman–Crippen MR) is 82.6 cm³/mol. The molecule has 0 N–H and O–H groups in total. The number of hydrogen-bond donors (Lipinski definition) is 0. The van der Waals surface area contributed by atoms with Crippen LogP contribution in [0.25, 0.3) is 0 Å². The lowest BCUT2D eigenvalue weighted by Gasteiger charge is -2.22. The average molecular weight is 325 g/mol. The first-order valence-corrected chi connectivity index (χ1v) is 8.21. The highest BCUT2D eigenvalue weighted by molar-refractivity contribution is 6.31. The van der Waals surface area contributed by atoms with Crippen molar-refractivity contribution in [1.29, 1.82) is 0 Å². The summed E-state index contributed by atoms with van der Waals surface area (Å²) >= 11 is 6.33. The van der Waals surface area contributed by atoms with Gasteiger partial charge >= 0.3 is 5.97 Å². The predicted octanol–water partition coefficient (Wildman–Crippen LogP) is 4.02. The standard InChI is InChI=1S/C17H21ClO4/c1-12(19)20-11-8-15-16(13-6-2-3-7-14(13)18)22-17(21-15)9-4-5-10-17/h2-3,6-7,15-16H,4-5,8-11H2,1H3. The second-order valence-corrected chi connectivity index (χ2v) is 6.37. The van der Waals surface area contributed by atoms with Crippen LogP contribution in [0.5, 0.6) is 0 Å². The van der Waals surface area contributed by atoms with Gasteiger partial charge in [0.1, 0.15) is 6.10 Å².